The molecule has 0 aliphatic rings. The number of aldehydes is 1. The molecule has 4 rings (SSSR count). The fourth-order valence-corrected chi connectivity index (χ4v) is 3.19. The van der Waals surface area contributed by atoms with Crippen LogP contribution in [0.2, 0.25) is 0 Å². The smallest absolute Gasteiger partial charge is 0.270 e. The average Bonchev–Trinajstić information content (AvgIpc) is 3.39. The Morgan fingerprint density at radius 2 is 1.97 bits per heavy atom. The highest BCUT2D eigenvalue weighted by molar-refractivity contribution is 5.63. The number of carbonyl (C=O) groups excluding carboxylic acids is 1. The lowest BCUT2D eigenvalue weighted by Crippen LogP contribution is -2.07. The van der Waals surface area contributed by atoms with Crippen molar-refractivity contribution in [2.24, 2.45) is 7.05 Å². The van der Waals surface area contributed by atoms with Crippen molar-refractivity contribution in [3.63, 3.8) is 0 Å². The van der Waals surface area contributed by atoms with Gasteiger partial charge in [0.15, 0.2) is 0 Å². The highest BCUT2D eigenvalue weighted by Gasteiger charge is 2.24. The number of benzene rings is 2. The van der Waals surface area contributed by atoms with E-state index < -0.39 is 5.92 Å². The van der Waals surface area contributed by atoms with Crippen molar-refractivity contribution in [1.29, 1.82) is 0 Å². The monoisotopic (exact) mass is 438 g/mol. The third kappa shape index (κ3) is 4.56. The Kier molecular flexibility index (Phi) is 5.81. The first-order valence-corrected chi connectivity index (χ1v) is 9.84. The van der Waals surface area contributed by atoms with Gasteiger partial charge in [0.1, 0.15) is 18.6 Å². The van der Waals surface area contributed by atoms with Crippen LogP contribution in [0.4, 0.5) is 8.78 Å². The van der Waals surface area contributed by atoms with Crippen molar-refractivity contribution < 1.29 is 22.8 Å². The van der Waals surface area contributed by atoms with Gasteiger partial charge in [0.05, 0.1) is 17.5 Å². The molecule has 2 aromatic carbocycles. The zero-order valence-corrected chi connectivity index (χ0v) is 17.5. The van der Waals surface area contributed by atoms with Gasteiger partial charge in [0.25, 0.3) is 11.8 Å². The summed E-state index contributed by atoms with van der Waals surface area (Å²) in [6.07, 6.45) is 2.74. The van der Waals surface area contributed by atoms with Crippen LogP contribution in [0.25, 0.3) is 22.8 Å². The minimum absolute atomic E-state index is 0.0818. The van der Waals surface area contributed by atoms with Crippen molar-refractivity contribution >= 4 is 6.29 Å². The maximum Gasteiger partial charge on any atom is 0.270 e. The molecule has 7 nitrogen and oxygen atoms in total. The summed E-state index contributed by atoms with van der Waals surface area (Å²) in [6, 6.07) is 13.0. The summed E-state index contributed by atoms with van der Waals surface area (Å²) >= 11 is 0. The number of rotatable bonds is 8. The molecule has 0 bridgehead atoms. The van der Waals surface area contributed by atoms with Crippen LogP contribution in [0.15, 0.2) is 59.3 Å². The lowest BCUT2D eigenvalue weighted by molar-refractivity contribution is -0.107. The van der Waals surface area contributed by atoms with Gasteiger partial charge in [0.2, 0.25) is 5.82 Å². The van der Waals surface area contributed by atoms with Gasteiger partial charge in [-0.3, -0.25) is 4.68 Å². The molecule has 9 heteroatoms. The van der Waals surface area contributed by atoms with E-state index in [1.54, 1.807) is 17.9 Å². The molecule has 0 aliphatic heterocycles. The van der Waals surface area contributed by atoms with Gasteiger partial charge in [-0.2, -0.15) is 10.1 Å². The second kappa shape index (κ2) is 8.70. The number of nitrogens with zero attached hydrogens (tertiary/aromatic N) is 4. The molecular weight excluding hydrogens is 418 g/mol. The van der Waals surface area contributed by atoms with Crippen LogP contribution in [0, 0.1) is 0 Å². The second-order valence-electron chi connectivity index (χ2n) is 7.32. The predicted octanol–water partition coefficient (Wildman–Crippen LogP) is 4.57. The van der Waals surface area contributed by atoms with Gasteiger partial charge in [-0.1, -0.05) is 23.4 Å². The summed E-state index contributed by atoms with van der Waals surface area (Å²) in [5.74, 6) is -1.80. The maximum absolute atomic E-state index is 13.4. The Balaban J connectivity index is 1.53. The van der Waals surface area contributed by atoms with E-state index in [9.17, 15) is 13.6 Å². The van der Waals surface area contributed by atoms with Crippen molar-refractivity contribution in [2.45, 2.75) is 25.9 Å². The van der Waals surface area contributed by atoms with Crippen molar-refractivity contribution in [2.75, 3.05) is 0 Å². The number of hydrogen-bond acceptors (Lipinski definition) is 6. The number of ether oxygens (including phenoxy) is 1. The Labute approximate surface area is 182 Å². The molecule has 164 valence electrons. The van der Waals surface area contributed by atoms with Crippen LogP contribution in [-0.4, -0.2) is 26.2 Å². The highest BCUT2D eigenvalue weighted by Crippen LogP contribution is 2.29. The molecule has 0 aliphatic carbocycles. The summed E-state index contributed by atoms with van der Waals surface area (Å²) in [5, 5.41) is 8.29. The Hall–Kier alpha value is -3.88. The number of alkyl halides is 2. The van der Waals surface area contributed by atoms with Crippen LogP contribution >= 0.6 is 0 Å². The van der Waals surface area contributed by atoms with Gasteiger partial charge in [-0.05, 0) is 35.9 Å². The molecule has 0 saturated carbocycles. The normalized spacial score (nSPS) is 11.5. The summed E-state index contributed by atoms with van der Waals surface area (Å²) in [4.78, 5) is 15.2. The summed E-state index contributed by atoms with van der Waals surface area (Å²) in [6.45, 7) is 0.974. The molecule has 0 atom stereocenters. The number of halogens is 2. The zero-order chi connectivity index (χ0) is 22.7. The van der Waals surface area contributed by atoms with E-state index in [0.29, 0.717) is 29.3 Å². The van der Waals surface area contributed by atoms with E-state index in [0.717, 1.165) is 24.3 Å². The van der Waals surface area contributed by atoms with E-state index in [2.05, 4.69) is 15.2 Å². The molecule has 0 fully saturated rings. The fraction of sp³-hybridized carbons (Fsp3) is 0.217. The quantitative estimate of drug-likeness (QED) is 0.375. The molecule has 32 heavy (non-hydrogen) atoms. The lowest BCUT2D eigenvalue weighted by atomic mass is 10.1. The largest absolute Gasteiger partial charge is 0.487 e. The van der Waals surface area contributed by atoms with Crippen LogP contribution in [0.1, 0.15) is 23.7 Å². The number of hydrogen-bond donors (Lipinski definition) is 0. The van der Waals surface area contributed by atoms with Gasteiger partial charge in [-0.15, -0.1) is 0 Å². The third-order valence-corrected chi connectivity index (χ3v) is 4.96. The van der Waals surface area contributed by atoms with E-state index in [-0.39, 0.29) is 18.1 Å². The van der Waals surface area contributed by atoms with Gasteiger partial charge in [0, 0.05) is 31.5 Å². The van der Waals surface area contributed by atoms with Crippen LogP contribution in [-0.2, 0) is 30.8 Å². The fourth-order valence-electron chi connectivity index (χ4n) is 3.19. The number of aromatic nitrogens is 4. The van der Waals surface area contributed by atoms with Crippen LogP contribution in [0.5, 0.6) is 5.75 Å². The number of aryl methyl sites for hydroxylation is 1. The number of carbonyl (C=O) groups is 1. The molecule has 0 unspecified atom stereocenters. The summed E-state index contributed by atoms with van der Waals surface area (Å²) < 4.78 is 39.6. The van der Waals surface area contributed by atoms with E-state index in [1.165, 1.54) is 24.3 Å². The minimum atomic E-state index is -2.91. The highest BCUT2D eigenvalue weighted by atomic mass is 19.3. The Morgan fingerprint density at radius 1 is 1.19 bits per heavy atom. The Morgan fingerprint density at radius 3 is 2.69 bits per heavy atom. The average molecular weight is 438 g/mol. The van der Waals surface area contributed by atoms with Gasteiger partial charge in [-0.25, -0.2) is 8.78 Å². The van der Waals surface area contributed by atoms with Crippen LogP contribution in [0.3, 0.4) is 0 Å². The topological polar surface area (TPSA) is 83.0 Å². The molecule has 0 N–H and O–H groups in total. The molecule has 0 amide bonds. The molecular formula is C23H20F2N4O3. The maximum atomic E-state index is 13.4. The van der Waals surface area contributed by atoms with Crippen molar-refractivity contribution in [1.82, 2.24) is 19.9 Å². The lowest BCUT2D eigenvalue weighted by Gasteiger charge is -2.12. The molecule has 0 radical (unpaired) electrons. The first kappa shape index (κ1) is 21.4. The molecule has 0 saturated heterocycles. The molecule has 4 aromatic rings. The van der Waals surface area contributed by atoms with Crippen molar-refractivity contribution in [3.8, 4) is 28.6 Å². The van der Waals surface area contributed by atoms with Gasteiger partial charge >= 0.3 is 0 Å². The first-order chi connectivity index (χ1) is 15.3. The second-order valence-corrected chi connectivity index (χ2v) is 7.32. The standard InChI is InChI=1S/C23H20F2N4O3/c1-23(24,25)17-6-8-18(9-7-17)31-14-20-19(13-26-29(20)2)22-27-21(28-32-22)16-5-3-4-15(12-16)10-11-30/h3-9,11-13H,10,14H2,1-2H3. The zero-order valence-electron chi connectivity index (χ0n) is 17.5. The van der Waals surface area contributed by atoms with E-state index >= 15 is 0 Å². The first-order valence-electron chi connectivity index (χ1n) is 9.84. The minimum Gasteiger partial charge on any atom is -0.487 e. The third-order valence-electron chi connectivity index (χ3n) is 4.96. The predicted molar refractivity (Wildman–Crippen MR) is 112 cm³/mol. The summed E-state index contributed by atoms with van der Waals surface area (Å²) in [5.41, 5.74) is 2.79. The molecule has 0 spiro atoms. The SMILES string of the molecule is Cn1ncc(-c2nc(-c3cccc(CC=O)c3)no2)c1COc1ccc(C(C)(F)F)cc1. The molecule has 2 heterocycles. The summed E-state index contributed by atoms with van der Waals surface area (Å²) in [7, 11) is 1.75. The van der Waals surface area contributed by atoms with E-state index in [1.807, 2.05) is 24.3 Å². The van der Waals surface area contributed by atoms with Crippen LogP contribution < -0.4 is 4.74 Å². The van der Waals surface area contributed by atoms with Crippen molar-refractivity contribution in [3.05, 3.63) is 71.5 Å². The Bertz CT molecular complexity index is 1230. The van der Waals surface area contributed by atoms with E-state index in [4.69, 9.17) is 9.26 Å². The van der Waals surface area contributed by atoms with Gasteiger partial charge < -0.3 is 14.1 Å². The molecule has 2 aromatic heterocycles.